The van der Waals surface area contributed by atoms with Gasteiger partial charge in [-0.15, -0.1) is 0 Å². The zero-order chi connectivity index (χ0) is 18.9. The van der Waals surface area contributed by atoms with E-state index >= 15 is 0 Å². The molecule has 1 aromatic heterocycles. The van der Waals surface area contributed by atoms with Crippen molar-refractivity contribution in [3.63, 3.8) is 0 Å². The SMILES string of the molecule is CC(C)(C)OC(=O)N1CCC[C@H]1C(=O)Nc1ccc2cc(Br)ccc2n1. The second-order valence-electron chi connectivity index (χ2n) is 7.35. The summed E-state index contributed by atoms with van der Waals surface area (Å²) in [5.41, 5.74) is 0.205. The van der Waals surface area contributed by atoms with E-state index in [4.69, 9.17) is 4.74 Å². The first-order valence-electron chi connectivity index (χ1n) is 8.60. The smallest absolute Gasteiger partial charge is 0.410 e. The van der Waals surface area contributed by atoms with E-state index in [2.05, 4.69) is 26.2 Å². The average molecular weight is 420 g/mol. The van der Waals surface area contributed by atoms with Crippen LogP contribution in [0.4, 0.5) is 10.6 Å². The highest BCUT2D eigenvalue weighted by Gasteiger charge is 2.36. The van der Waals surface area contributed by atoms with Crippen molar-refractivity contribution in [3.8, 4) is 0 Å². The Labute approximate surface area is 161 Å². The first-order chi connectivity index (χ1) is 12.2. The quantitative estimate of drug-likeness (QED) is 0.785. The molecule has 3 rings (SSSR count). The molecule has 1 aliphatic heterocycles. The third kappa shape index (κ3) is 4.33. The summed E-state index contributed by atoms with van der Waals surface area (Å²) in [7, 11) is 0. The maximum atomic E-state index is 12.7. The van der Waals surface area contributed by atoms with Gasteiger partial charge in [0.15, 0.2) is 0 Å². The van der Waals surface area contributed by atoms with Crippen molar-refractivity contribution in [2.75, 3.05) is 11.9 Å². The molecule has 0 saturated carbocycles. The van der Waals surface area contributed by atoms with Crippen molar-refractivity contribution in [1.82, 2.24) is 9.88 Å². The van der Waals surface area contributed by atoms with Crippen LogP contribution < -0.4 is 5.32 Å². The van der Waals surface area contributed by atoms with E-state index in [-0.39, 0.29) is 5.91 Å². The number of nitrogens with zero attached hydrogens (tertiary/aromatic N) is 2. The Kier molecular flexibility index (Phi) is 5.18. The van der Waals surface area contributed by atoms with Gasteiger partial charge in [-0.1, -0.05) is 15.9 Å². The minimum atomic E-state index is -0.588. The van der Waals surface area contributed by atoms with Crippen LogP contribution in [0.3, 0.4) is 0 Å². The molecule has 0 spiro atoms. The minimum absolute atomic E-state index is 0.239. The third-order valence-corrected chi connectivity index (χ3v) is 4.58. The number of nitrogens with one attached hydrogen (secondary N) is 1. The lowest BCUT2D eigenvalue weighted by Gasteiger charge is -2.27. The molecule has 0 unspecified atom stereocenters. The Morgan fingerprint density at radius 3 is 2.77 bits per heavy atom. The molecule has 26 heavy (non-hydrogen) atoms. The van der Waals surface area contributed by atoms with E-state index in [9.17, 15) is 9.59 Å². The van der Waals surface area contributed by atoms with Gasteiger partial charge in [0, 0.05) is 16.4 Å². The zero-order valence-corrected chi connectivity index (χ0v) is 16.7. The van der Waals surface area contributed by atoms with E-state index in [1.165, 1.54) is 4.90 Å². The highest BCUT2D eigenvalue weighted by Crippen LogP contribution is 2.23. The summed E-state index contributed by atoms with van der Waals surface area (Å²) >= 11 is 3.43. The van der Waals surface area contributed by atoms with Gasteiger partial charge in [0.1, 0.15) is 17.5 Å². The number of anilines is 1. The number of halogens is 1. The minimum Gasteiger partial charge on any atom is -0.444 e. The number of hydrogen-bond donors (Lipinski definition) is 1. The zero-order valence-electron chi connectivity index (χ0n) is 15.1. The van der Waals surface area contributed by atoms with Crippen LogP contribution in [0.5, 0.6) is 0 Å². The molecule has 6 nitrogen and oxygen atoms in total. The molecule has 0 bridgehead atoms. The fourth-order valence-electron chi connectivity index (χ4n) is 2.95. The van der Waals surface area contributed by atoms with E-state index in [1.807, 2.05) is 45.0 Å². The summed E-state index contributed by atoms with van der Waals surface area (Å²) in [6, 6.07) is 8.89. The van der Waals surface area contributed by atoms with Crippen LogP contribution in [-0.4, -0.2) is 40.1 Å². The Hall–Kier alpha value is -2.15. The standard InChI is InChI=1S/C19H22BrN3O3/c1-19(2,3)26-18(25)23-10-4-5-15(23)17(24)22-16-9-6-12-11-13(20)7-8-14(12)21-16/h6-9,11,15H,4-5,10H2,1-3H3,(H,21,22,24)/t15-/m0/s1. The van der Waals surface area contributed by atoms with Crippen molar-refractivity contribution in [3.05, 3.63) is 34.8 Å². The molecule has 1 N–H and O–H groups in total. The third-order valence-electron chi connectivity index (χ3n) is 4.09. The number of pyridine rings is 1. The fourth-order valence-corrected chi connectivity index (χ4v) is 3.33. The molecule has 1 saturated heterocycles. The summed E-state index contributed by atoms with van der Waals surface area (Å²) in [4.78, 5) is 31.0. The fraction of sp³-hybridized carbons (Fsp3) is 0.421. The lowest BCUT2D eigenvalue weighted by Crippen LogP contribution is -2.45. The lowest BCUT2D eigenvalue weighted by atomic mass is 10.2. The largest absolute Gasteiger partial charge is 0.444 e. The van der Waals surface area contributed by atoms with Gasteiger partial charge in [-0.05, 0) is 63.9 Å². The number of carbonyl (C=O) groups excluding carboxylic acids is 2. The van der Waals surface area contributed by atoms with Gasteiger partial charge in [0.05, 0.1) is 5.52 Å². The summed E-state index contributed by atoms with van der Waals surface area (Å²) in [6.45, 7) is 5.96. The molecule has 2 amide bonds. The first-order valence-corrected chi connectivity index (χ1v) is 9.39. The topological polar surface area (TPSA) is 71.5 Å². The predicted molar refractivity (Wildman–Crippen MR) is 104 cm³/mol. The lowest BCUT2D eigenvalue weighted by molar-refractivity contribution is -0.120. The molecule has 2 heterocycles. The van der Waals surface area contributed by atoms with Gasteiger partial charge in [-0.2, -0.15) is 0 Å². The van der Waals surface area contributed by atoms with Crippen molar-refractivity contribution in [2.45, 2.75) is 45.3 Å². The second kappa shape index (κ2) is 7.23. The number of amides is 2. The molecule has 0 radical (unpaired) electrons. The highest BCUT2D eigenvalue weighted by molar-refractivity contribution is 9.10. The van der Waals surface area contributed by atoms with Crippen LogP contribution in [-0.2, 0) is 9.53 Å². The molecule has 0 aliphatic carbocycles. The number of aromatic nitrogens is 1. The molecule has 138 valence electrons. The maximum Gasteiger partial charge on any atom is 0.410 e. The van der Waals surface area contributed by atoms with Gasteiger partial charge in [0.2, 0.25) is 5.91 Å². The Morgan fingerprint density at radius 2 is 2.04 bits per heavy atom. The molecular formula is C19H22BrN3O3. The van der Waals surface area contributed by atoms with Gasteiger partial charge >= 0.3 is 6.09 Å². The summed E-state index contributed by atoms with van der Waals surface area (Å²) in [6.07, 6.45) is 0.939. The summed E-state index contributed by atoms with van der Waals surface area (Å²) in [5.74, 6) is 0.234. The predicted octanol–water partition coefficient (Wildman–Crippen LogP) is 4.34. The number of rotatable bonds is 2. The van der Waals surface area contributed by atoms with Gasteiger partial charge in [-0.25, -0.2) is 9.78 Å². The first kappa shape index (κ1) is 18.6. The Bertz CT molecular complexity index is 848. The molecule has 1 fully saturated rings. The van der Waals surface area contributed by atoms with Crippen LogP contribution >= 0.6 is 15.9 Å². The van der Waals surface area contributed by atoms with Crippen molar-refractivity contribution >= 4 is 44.7 Å². The second-order valence-corrected chi connectivity index (χ2v) is 8.27. The van der Waals surface area contributed by atoms with Gasteiger partial charge < -0.3 is 10.1 Å². The average Bonchev–Trinajstić information content (AvgIpc) is 3.03. The highest BCUT2D eigenvalue weighted by atomic mass is 79.9. The van der Waals surface area contributed by atoms with Gasteiger partial charge in [-0.3, -0.25) is 9.69 Å². The maximum absolute atomic E-state index is 12.7. The molecular weight excluding hydrogens is 398 g/mol. The van der Waals surface area contributed by atoms with E-state index in [0.29, 0.717) is 18.8 Å². The summed E-state index contributed by atoms with van der Waals surface area (Å²) < 4.78 is 6.38. The number of ether oxygens (including phenoxy) is 1. The molecule has 7 heteroatoms. The number of benzene rings is 1. The summed E-state index contributed by atoms with van der Waals surface area (Å²) in [5, 5.41) is 3.81. The number of likely N-dealkylation sites (tertiary alicyclic amines) is 1. The number of hydrogen-bond acceptors (Lipinski definition) is 4. The van der Waals surface area contributed by atoms with E-state index in [1.54, 1.807) is 6.07 Å². The van der Waals surface area contributed by atoms with Gasteiger partial charge in [0.25, 0.3) is 0 Å². The monoisotopic (exact) mass is 419 g/mol. The van der Waals surface area contributed by atoms with Crippen LogP contribution in [0.15, 0.2) is 34.8 Å². The van der Waals surface area contributed by atoms with Crippen molar-refractivity contribution in [1.29, 1.82) is 0 Å². The van der Waals surface area contributed by atoms with Crippen LogP contribution in [0.1, 0.15) is 33.6 Å². The molecule has 2 aromatic rings. The van der Waals surface area contributed by atoms with Crippen LogP contribution in [0.25, 0.3) is 10.9 Å². The number of fused-ring (bicyclic) bond motifs is 1. The molecule has 1 aromatic carbocycles. The Morgan fingerprint density at radius 1 is 1.27 bits per heavy atom. The van der Waals surface area contributed by atoms with Crippen LogP contribution in [0, 0.1) is 0 Å². The number of carbonyl (C=O) groups is 2. The molecule has 1 atom stereocenters. The normalized spacial score (nSPS) is 17.4. The molecule has 1 aliphatic rings. The van der Waals surface area contributed by atoms with E-state index < -0.39 is 17.7 Å². The van der Waals surface area contributed by atoms with Crippen molar-refractivity contribution in [2.24, 2.45) is 0 Å². The van der Waals surface area contributed by atoms with Crippen LogP contribution in [0.2, 0.25) is 0 Å². The van der Waals surface area contributed by atoms with Crippen molar-refractivity contribution < 1.29 is 14.3 Å². The van der Waals surface area contributed by atoms with E-state index in [0.717, 1.165) is 21.8 Å². The Balaban J connectivity index is 1.72.